The van der Waals surface area contributed by atoms with E-state index in [0.29, 0.717) is 0 Å². The quantitative estimate of drug-likeness (QED) is 0.154. The zero-order valence-electron chi connectivity index (χ0n) is 64.1. The highest BCUT2D eigenvalue weighted by molar-refractivity contribution is 7.00. The monoisotopic (exact) mass is 1320 g/mol. The van der Waals surface area contributed by atoms with Crippen LogP contribution in [0.5, 0.6) is 11.5 Å². The minimum atomic E-state index is -0.423. The topological polar surface area (TPSA) is 19.0 Å². The summed E-state index contributed by atoms with van der Waals surface area (Å²) >= 11 is 0. The summed E-state index contributed by atoms with van der Waals surface area (Å²) < 4.78 is 7.39. The number of ether oxygens (including phenoxy) is 1. The van der Waals surface area contributed by atoms with E-state index in [2.05, 4.69) is 385 Å². The van der Waals surface area contributed by atoms with Gasteiger partial charge in [-0.25, -0.2) is 0 Å². The Bertz CT molecular complexity index is 5060. The standard InChI is InChI=1S/C96H102BN3O/c1-89(2,3)63-44-59(45-64(52-63)90(4,5)6)60-50-84-88-85(51-60)100(79-41-31-27-37-71(79)62-48-67(93(13,14)15)54-68(49-62)94(16,17)18)83-56-75-87(101-86-43-33-29-39-73(86)96(75,21)22)58-77(83)97(88)76-57-81-74(95(19,20)72-38-28-32-42-80(72)98(81)69-34-24-23-25-35-69)55-82(76)99(84)78-40-30-26-36-70(78)61-46-65(91(7,8)9)53-66(47-61)92(10,11)12/h23-58H,1-22H3. The molecule has 0 aliphatic carbocycles. The summed E-state index contributed by atoms with van der Waals surface area (Å²) in [5.74, 6) is 1.80. The van der Waals surface area contributed by atoms with Crippen LogP contribution in [0.2, 0.25) is 0 Å². The largest absolute Gasteiger partial charge is 0.457 e. The average molecular weight is 1320 g/mol. The first-order chi connectivity index (χ1) is 47.4. The molecule has 0 aromatic heterocycles. The summed E-state index contributed by atoms with van der Waals surface area (Å²) in [5, 5.41) is 0. The van der Waals surface area contributed by atoms with Crippen LogP contribution in [0.1, 0.15) is 208 Å². The minimum Gasteiger partial charge on any atom is -0.457 e. The van der Waals surface area contributed by atoms with E-state index in [1.54, 1.807) is 0 Å². The molecule has 4 aliphatic heterocycles. The Balaban J connectivity index is 1.15. The zero-order valence-corrected chi connectivity index (χ0v) is 64.1. The van der Waals surface area contributed by atoms with Crippen LogP contribution in [0, 0.1) is 0 Å². The molecular weight excluding hydrogens is 1220 g/mol. The van der Waals surface area contributed by atoms with Crippen LogP contribution in [0.3, 0.4) is 0 Å². The number of benzene rings is 11. The first kappa shape index (κ1) is 67.5. The number of rotatable bonds is 6. The normalized spacial score (nSPS) is 15.2. The van der Waals surface area contributed by atoms with E-state index < -0.39 is 10.8 Å². The van der Waals surface area contributed by atoms with Crippen molar-refractivity contribution in [2.75, 3.05) is 14.7 Å². The molecule has 0 N–H and O–H groups in total. The van der Waals surface area contributed by atoms with Gasteiger partial charge in [-0.3, -0.25) is 0 Å². The lowest BCUT2D eigenvalue weighted by Gasteiger charge is -2.48. The van der Waals surface area contributed by atoms with Crippen molar-refractivity contribution in [2.24, 2.45) is 0 Å². The molecule has 510 valence electrons. The lowest BCUT2D eigenvalue weighted by molar-refractivity contribution is 0.418. The second-order valence-electron chi connectivity index (χ2n) is 36.8. The smallest absolute Gasteiger partial charge is 0.252 e. The van der Waals surface area contributed by atoms with Gasteiger partial charge in [0.25, 0.3) is 6.71 Å². The Kier molecular flexibility index (Phi) is 15.4. The molecule has 0 fully saturated rings. The minimum absolute atomic E-state index is 0.111. The maximum absolute atomic E-state index is 7.39. The summed E-state index contributed by atoms with van der Waals surface area (Å²) in [6.45, 7) is 51.9. The van der Waals surface area contributed by atoms with Crippen molar-refractivity contribution in [3.05, 3.63) is 274 Å². The Hall–Kier alpha value is -9.32. The molecule has 5 heteroatoms. The van der Waals surface area contributed by atoms with Gasteiger partial charge in [-0.05, 0) is 188 Å². The molecule has 0 amide bonds. The van der Waals surface area contributed by atoms with Crippen LogP contribution in [0.15, 0.2) is 218 Å². The van der Waals surface area contributed by atoms with E-state index in [4.69, 9.17) is 4.74 Å². The van der Waals surface area contributed by atoms with Gasteiger partial charge in [-0.1, -0.05) is 298 Å². The third-order valence-corrected chi connectivity index (χ3v) is 22.7. The van der Waals surface area contributed by atoms with Crippen molar-refractivity contribution in [3.8, 4) is 44.9 Å². The summed E-state index contributed by atoms with van der Waals surface area (Å²) in [7, 11) is 0. The molecule has 0 saturated heterocycles. The molecule has 11 aromatic carbocycles. The molecule has 0 spiro atoms. The molecular formula is C96H102BN3O. The van der Waals surface area contributed by atoms with Crippen molar-refractivity contribution in [2.45, 2.75) is 196 Å². The Labute approximate surface area is 604 Å². The van der Waals surface area contributed by atoms with Gasteiger partial charge in [0, 0.05) is 67.2 Å². The molecule has 101 heavy (non-hydrogen) atoms. The van der Waals surface area contributed by atoms with E-state index in [9.17, 15) is 0 Å². The number of hydrogen-bond donors (Lipinski definition) is 0. The lowest BCUT2D eigenvalue weighted by atomic mass is 9.33. The third-order valence-electron chi connectivity index (χ3n) is 22.7. The van der Waals surface area contributed by atoms with Gasteiger partial charge in [0.2, 0.25) is 0 Å². The van der Waals surface area contributed by atoms with E-state index in [1.807, 2.05) is 0 Å². The Morgan fingerprint density at radius 3 is 1.10 bits per heavy atom. The fourth-order valence-corrected chi connectivity index (χ4v) is 16.4. The van der Waals surface area contributed by atoms with E-state index >= 15 is 0 Å². The maximum Gasteiger partial charge on any atom is 0.252 e. The molecule has 4 heterocycles. The van der Waals surface area contributed by atoms with Crippen molar-refractivity contribution < 1.29 is 4.74 Å². The fourth-order valence-electron chi connectivity index (χ4n) is 16.4. The number of nitrogens with zero attached hydrogens (tertiary/aromatic N) is 3. The predicted octanol–water partition coefficient (Wildman–Crippen LogP) is 25.1. The molecule has 4 aliphatic rings. The summed E-state index contributed by atoms with van der Waals surface area (Å²) in [6.07, 6.45) is 0. The molecule has 15 rings (SSSR count). The van der Waals surface area contributed by atoms with Crippen LogP contribution < -0.4 is 35.8 Å². The Morgan fingerprint density at radius 1 is 0.267 bits per heavy atom. The number of anilines is 9. The summed E-state index contributed by atoms with van der Waals surface area (Å²) in [4.78, 5) is 7.97. The molecule has 0 unspecified atom stereocenters. The molecule has 11 aromatic rings. The number of fused-ring (bicyclic) bond motifs is 8. The highest BCUT2D eigenvalue weighted by Gasteiger charge is 2.49. The fraction of sp³-hybridized carbons (Fsp3) is 0.312. The number of hydrogen-bond acceptors (Lipinski definition) is 4. The summed E-state index contributed by atoms with van der Waals surface area (Å²) in [6, 6.07) is 85.3. The van der Waals surface area contributed by atoms with Gasteiger partial charge in [-0.15, -0.1) is 0 Å². The van der Waals surface area contributed by atoms with Crippen LogP contribution in [-0.2, 0) is 43.3 Å². The number of para-hydroxylation sites is 5. The first-order valence-corrected chi connectivity index (χ1v) is 36.9. The van der Waals surface area contributed by atoms with Gasteiger partial charge >= 0.3 is 0 Å². The Morgan fingerprint density at radius 2 is 0.634 bits per heavy atom. The van der Waals surface area contributed by atoms with Crippen LogP contribution >= 0.6 is 0 Å². The van der Waals surface area contributed by atoms with Gasteiger partial charge in [0.05, 0.1) is 17.1 Å². The van der Waals surface area contributed by atoms with Crippen molar-refractivity contribution in [1.82, 2.24) is 0 Å². The second-order valence-corrected chi connectivity index (χ2v) is 36.8. The van der Waals surface area contributed by atoms with E-state index in [-0.39, 0.29) is 39.2 Å². The zero-order chi connectivity index (χ0) is 71.8. The van der Waals surface area contributed by atoms with Gasteiger partial charge < -0.3 is 19.4 Å². The highest BCUT2D eigenvalue weighted by Crippen LogP contribution is 2.58. The third kappa shape index (κ3) is 11.3. The van der Waals surface area contributed by atoms with Crippen LogP contribution in [-0.4, -0.2) is 6.71 Å². The first-order valence-electron chi connectivity index (χ1n) is 36.9. The molecule has 0 atom stereocenters. The van der Waals surface area contributed by atoms with Crippen molar-refractivity contribution >= 4 is 74.3 Å². The second kappa shape index (κ2) is 23.1. The molecule has 4 nitrogen and oxygen atoms in total. The predicted molar refractivity (Wildman–Crippen MR) is 434 cm³/mol. The maximum atomic E-state index is 7.39. The van der Waals surface area contributed by atoms with E-state index in [1.165, 1.54) is 111 Å². The van der Waals surface area contributed by atoms with Gasteiger partial charge in [0.1, 0.15) is 11.5 Å². The summed E-state index contributed by atoms with van der Waals surface area (Å²) in [5.41, 5.74) is 32.4. The molecule has 0 saturated carbocycles. The lowest BCUT2D eigenvalue weighted by Crippen LogP contribution is -2.61. The van der Waals surface area contributed by atoms with E-state index in [0.717, 1.165) is 56.9 Å². The van der Waals surface area contributed by atoms with Gasteiger partial charge in [0.15, 0.2) is 0 Å². The van der Waals surface area contributed by atoms with Crippen LogP contribution in [0.25, 0.3) is 33.4 Å². The molecule has 0 bridgehead atoms. The van der Waals surface area contributed by atoms with Gasteiger partial charge in [-0.2, -0.15) is 0 Å². The van der Waals surface area contributed by atoms with Crippen LogP contribution in [0.4, 0.5) is 51.2 Å². The van der Waals surface area contributed by atoms with Crippen molar-refractivity contribution in [3.63, 3.8) is 0 Å². The SMILES string of the molecule is CC(C)(C)c1cc(-c2cc3c4c(c2)N(c2ccccc2-c2cc(C(C)(C)C)cc(C(C)(C)C)c2)c2cc5c(cc2B4c2cc4c(cc2N3c2ccccc2-c2cc(C(C)(C)C)cc(C(C)(C)C)c2)C(C)(C)c2ccccc2O4)N(c2ccccc2)c2ccccc2C5(C)C)cc(C(C)(C)C)c1. The molecule has 0 radical (unpaired) electrons. The average Bonchev–Trinajstić information content (AvgIpc) is 0.681. The van der Waals surface area contributed by atoms with Crippen molar-refractivity contribution in [1.29, 1.82) is 0 Å². The highest BCUT2D eigenvalue weighted by atomic mass is 16.5.